The molecular formula is C15H20F3NO. The second kappa shape index (κ2) is 5.64. The van der Waals surface area contributed by atoms with Crippen LogP contribution in [-0.2, 0) is 4.74 Å². The van der Waals surface area contributed by atoms with Crippen molar-refractivity contribution < 1.29 is 17.9 Å². The second-order valence-corrected chi connectivity index (χ2v) is 5.49. The minimum Gasteiger partial charge on any atom is -0.381 e. The summed E-state index contributed by atoms with van der Waals surface area (Å²) in [5, 5.41) is 3.09. The summed E-state index contributed by atoms with van der Waals surface area (Å²) in [6.45, 7) is 6.74. The molecule has 1 aliphatic rings. The van der Waals surface area contributed by atoms with Gasteiger partial charge < -0.3 is 10.1 Å². The minimum atomic E-state index is -1.44. The Balaban J connectivity index is 2.11. The highest BCUT2D eigenvalue weighted by Gasteiger charge is 2.51. The van der Waals surface area contributed by atoms with Crippen molar-refractivity contribution in [3.63, 3.8) is 0 Å². The van der Waals surface area contributed by atoms with Crippen LogP contribution in [0.3, 0.4) is 0 Å². The van der Waals surface area contributed by atoms with Crippen LogP contribution in [0.4, 0.5) is 18.9 Å². The smallest absolute Gasteiger partial charge is 0.194 e. The molecule has 112 valence electrons. The van der Waals surface area contributed by atoms with E-state index in [1.54, 1.807) is 0 Å². The summed E-state index contributed by atoms with van der Waals surface area (Å²) in [6, 6.07) is 2.04. The molecule has 0 spiro atoms. The molecule has 1 aromatic carbocycles. The van der Waals surface area contributed by atoms with Crippen LogP contribution in [0.1, 0.15) is 33.6 Å². The molecule has 0 amide bonds. The molecule has 0 radical (unpaired) electrons. The lowest BCUT2D eigenvalue weighted by atomic mass is 9.61. The van der Waals surface area contributed by atoms with Gasteiger partial charge in [0.25, 0.3) is 0 Å². The van der Waals surface area contributed by atoms with Gasteiger partial charge >= 0.3 is 0 Å². The highest BCUT2D eigenvalue weighted by atomic mass is 19.2. The average molecular weight is 287 g/mol. The zero-order valence-corrected chi connectivity index (χ0v) is 12.0. The Kier molecular flexibility index (Phi) is 4.28. The van der Waals surface area contributed by atoms with Gasteiger partial charge in [0.05, 0.1) is 6.10 Å². The number of benzene rings is 1. The van der Waals surface area contributed by atoms with Gasteiger partial charge in [-0.3, -0.25) is 0 Å². The van der Waals surface area contributed by atoms with Crippen molar-refractivity contribution in [1.29, 1.82) is 0 Å². The van der Waals surface area contributed by atoms with E-state index in [9.17, 15) is 13.2 Å². The van der Waals surface area contributed by atoms with Crippen molar-refractivity contribution in [2.45, 2.75) is 45.8 Å². The van der Waals surface area contributed by atoms with Crippen LogP contribution in [0.25, 0.3) is 0 Å². The minimum absolute atomic E-state index is 0.0633. The first-order valence-electron chi connectivity index (χ1n) is 6.95. The second-order valence-electron chi connectivity index (χ2n) is 5.49. The maximum Gasteiger partial charge on any atom is 0.194 e. The van der Waals surface area contributed by atoms with E-state index in [1.807, 2.05) is 6.92 Å². The molecule has 1 aliphatic carbocycles. The van der Waals surface area contributed by atoms with Crippen molar-refractivity contribution in [1.82, 2.24) is 0 Å². The van der Waals surface area contributed by atoms with Gasteiger partial charge in [0.15, 0.2) is 17.5 Å². The largest absolute Gasteiger partial charge is 0.381 e. The number of nitrogens with one attached hydrogen (secondary N) is 1. The summed E-state index contributed by atoms with van der Waals surface area (Å²) in [4.78, 5) is 0. The molecule has 3 atom stereocenters. The predicted octanol–water partition coefficient (Wildman–Crippen LogP) is 4.11. The van der Waals surface area contributed by atoms with Crippen molar-refractivity contribution >= 4 is 5.69 Å². The highest BCUT2D eigenvalue weighted by Crippen LogP contribution is 2.47. The first-order chi connectivity index (χ1) is 9.42. The monoisotopic (exact) mass is 287 g/mol. The third kappa shape index (κ3) is 2.51. The molecule has 3 unspecified atom stereocenters. The van der Waals surface area contributed by atoms with Crippen LogP contribution >= 0.6 is 0 Å². The molecule has 1 aromatic rings. The fourth-order valence-corrected chi connectivity index (χ4v) is 2.81. The van der Waals surface area contributed by atoms with E-state index >= 15 is 0 Å². The van der Waals surface area contributed by atoms with Crippen LogP contribution in [0.5, 0.6) is 0 Å². The molecule has 0 heterocycles. The Morgan fingerprint density at radius 1 is 1.25 bits per heavy atom. The third-order valence-corrected chi connectivity index (χ3v) is 4.44. The predicted molar refractivity (Wildman–Crippen MR) is 72.2 cm³/mol. The topological polar surface area (TPSA) is 21.3 Å². The van der Waals surface area contributed by atoms with Gasteiger partial charge in [-0.25, -0.2) is 13.2 Å². The fourth-order valence-electron chi connectivity index (χ4n) is 2.81. The summed E-state index contributed by atoms with van der Waals surface area (Å²) < 4.78 is 45.0. The molecule has 5 heteroatoms. The van der Waals surface area contributed by atoms with Crippen molar-refractivity contribution in [3.05, 3.63) is 29.6 Å². The van der Waals surface area contributed by atoms with E-state index < -0.39 is 17.5 Å². The molecular weight excluding hydrogens is 267 g/mol. The van der Waals surface area contributed by atoms with E-state index in [-0.39, 0.29) is 23.2 Å². The standard InChI is InChI=1S/C15H20F3NO/c1-4-15(3)12(8-13(15)20-5-2)19-9-6-10(16)14(18)11(17)7-9/h6-7,12-13,19H,4-5,8H2,1-3H3. The lowest BCUT2D eigenvalue weighted by Crippen LogP contribution is -2.59. The molecule has 20 heavy (non-hydrogen) atoms. The van der Waals surface area contributed by atoms with Gasteiger partial charge in [0.2, 0.25) is 0 Å². The summed E-state index contributed by atoms with van der Waals surface area (Å²) in [5.41, 5.74) is 0.179. The number of hydrogen-bond acceptors (Lipinski definition) is 2. The van der Waals surface area contributed by atoms with Crippen LogP contribution < -0.4 is 5.32 Å². The molecule has 0 aliphatic heterocycles. The van der Waals surface area contributed by atoms with Gasteiger partial charge in [-0.15, -0.1) is 0 Å². The van der Waals surface area contributed by atoms with Crippen LogP contribution in [0, 0.1) is 22.9 Å². The Hall–Kier alpha value is -1.23. The molecule has 1 saturated carbocycles. The molecule has 2 nitrogen and oxygen atoms in total. The van der Waals surface area contributed by atoms with E-state index in [4.69, 9.17) is 4.74 Å². The normalized spacial score (nSPS) is 29.1. The van der Waals surface area contributed by atoms with Gasteiger partial charge in [-0.2, -0.15) is 0 Å². The molecule has 0 aromatic heterocycles. The maximum atomic E-state index is 13.2. The SMILES string of the molecule is CCOC1CC(Nc2cc(F)c(F)c(F)c2)C1(C)CC. The lowest BCUT2D eigenvalue weighted by Gasteiger charge is -2.53. The Morgan fingerprint density at radius 2 is 1.85 bits per heavy atom. The first-order valence-corrected chi connectivity index (χ1v) is 6.95. The summed E-state index contributed by atoms with van der Waals surface area (Å²) in [7, 11) is 0. The van der Waals surface area contributed by atoms with Gasteiger partial charge in [0, 0.05) is 35.9 Å². The van der Waals surface area contributed by atoms with Gasteiger partial charge in [-0.1, -0.05) is 13.8 Å². The molecule has 0 saturated heterocycles. The van der Waals surface area contributed by atoms with Crippen LogP contribution in [-0.4, -0.2) is 18.8 Å². The first kappa shape index (κ1) is 15.2. The Bertz CT molecular complexity index is 471. The van der Waals surface area contributed by atoms with Crippen molar-refractivity contribution in [2.75, 3.05) is 11.9 Å². The number of halogens is 3. The van der Waals surface area contributed by atoms with Crippen LogP contribution in [0.15, 0.2) is 12.1 Å². The molecule has 1 fully saturated rings. The van der Waals surface area contributed by atoms with Gasteiger partial charge in [-0.05, 0) is 19.8 Å². The summed E-state index contributed by atoms with van der Waals surface area (Å²) >= 11 is 0. The van der Waals surface area contributed by atoms with E-state index in [2.05, 4.69) is 19.2 Å². The van der Waals surface area contributed by atoms with Crippen molar-refractivity contribution in [2.24, 2.45) is 5.41 Å². The lowest BCUT2D eigenvalue weighted by molar-refractivity contribution is -0.109. The summed E-state index contributed by atoms with van der Waals surface area (Å²) in [5.74, 6) is -3.78. The molecule has 1 N–H and O–H groups in total. The van der Waals surface area contributed by atoms with E-state index in [1.165, 1.54) is 0 Å². The van der Waals surface area contributed by atoms with Gasteiger partial charge in [0.1, 0.15) is 0 Å². The molecule has 2 rings (SSSR count). The number of rotatable bonds is 5. The quantitative estimate of drug-likeness (QED) is 0.823. The number of hydrogen-bond donors (Lipinski definition) is 1. The zero-order valence-electron chi connectivity index (χ0n) is 12.0. The maximum absolute atomic E-state index is 13.2. The van der Waals surface area contributed by atoms with E-state index in [0.717, 1.165) is 25.0 Å². The number of ether oxygens (including phenoxy) is 1. The molecule has 0 bridgehead atoms. The fraction of sp³-hybridized carbons (Fsp3) is 0.600. The van der Waals surface area contributed by atoms with Crippen molar-refractivity contribution in [3.8, 4) is 0 Å². The average Bonchev–Trinajstić information content (AvgIpc) is 2.42. The highest BCUT2D eigenvalue weighted by molar-refractivity contribution is 5.46. The number of anilines is 1. The Labute approximate surface area is 117 Å². The van der Waals surface area contributed by atoms with Crippen LogP contribution in [0.2, 0.25) is 0 Å². The Morgan fingerprint density at radius 3 is 2.35 bits per heavy atom. The third-order valence-electron chi connectivity index (χ3n) is 4.44. The summed E-state index contributed by atoms with van der Waals surface area (Å²) in [6.07, 6.45) is 1.81. The zero-order chi connectivity index (χ0) is 14.9. The van der Waals surface area contributed by atoms with E-state index in [0.29, 0.717) is 6.61 Å².